The highest BCUT2D eigenvalue weighted by Gasteiger charge is 2.19. The summed E-state index contributed by atoms with van der Waals surface area (Å²) >= 11 is 0. The van der Waals surface area contributed by atoms with Crippen LogP contribution in [0.2, 0.25) is 0 Å². The average Bonchev–Trinajstić information content (AvgIpc) is 2.98. The van der Waals surface area contributed by atoms with Crippen LogP contribution in [0.4, 0.5) is 21.9 Å². The van der Waals surface area contributed by atoms with Crippen molar-refractivity contribution in [2.75, 3.05) is 69.0 Å². The van der Waals surface area contributed by atoms with Gasteiger partial charge >= 0.3 is 6.03 Å². The Labute approximate surface area is 233 Å². The fraction of sp³-hybridized carbons (Fsp3) is 0.345. The van der Waals surface area contributed by atoms with E-state index in [-0.39, 0.29) is 17.6 Å². The second-order valence-electron chi connectivity index (χ2n) is 9.61. The molecule has 40 heavy (non-hydrogen) atoms. The van der Waals surface area contributed by atoms with Gasteiger partial charge in [-0.1, -0.05) is 18.2 Å². The number of nitrogens with one attached hydrogen (secondary N) is 2. The minimum absolute atomic E-state index is 0.236. The molecule has 2 aliphatic heterocycles. The van der Waals surface area contributed by atoms with E-state index in [9.17, 15) is 9.59 Å². The number of rotatable bonds is 9. The molecule has 1 aromatic heterocycles. The number of nitrogens with two attached hydrogens (primary N) is 1. The molecule has 1 saturated heterocycles. The number of anilines is 3. The molecule has 11 nitrogen and oxygen atoms in total. The Morgan fingerprint density at radius 2 is 1.75 bits per heavy atom. The number of para-hydroxylation sites is 2. The number of nitrogens with zero attached hydrogens (tertiary/aromatic N) is 3. The molecule has 4 N–H and O–H groups in total. The van der Waals surface area contributed by atoms with Crippen molar-refractivity contribution in [1.29, 1.82) is 0 Å². The zero-order valence-electron chi connectivity index (χ0n) is 22.3. The first-order valence-corrected chi connectivity index (χ1v) is 13.4. The van der Waals surface area contributed by atoms with Crippen LogP contribution in [0.5, 0.6) is 11.5 Å². The predicted molar refractivity (Wildman–Crippen MR) is 152 cm³/mol. The molecule has 5 rings (SSSR count). The molecule has 2 aliphatic rings. The molecule has 0 spiro atoms. The van der Waals surface area contributed by atoms with Crippen LogP contribution in [0.25, 0.3) is 0 Å². The van der Waals surface area contributed by atoms with Gasteiger partial charge in [0.2, 0.25) is 0 Å². The molecule has 3 heterocycles. The van der Waals surface area contributed by atoms with Crippen LogP contribution < -0.4 is 25.8 Å². The average molecular weight is 547 g/mol. The van der Waals surface area contributed by atoms with Crippen LogP contribution in [0.1, 0.15) is 22.5 Å². The number of urea groups is 1. The molecule has 0 unspecified atom stereocenters. The number of nitrogen functional groups attached to an aromatic ring is 1. The molecule has 0 aliphatic carbocycles. The van der Waals surface area contributed by atoms with Crippen molar-refractivity contribution in [2.45, 2.75) is 13.0 Å². The van der Waals surface area contributed by atoms with E-state index in [4.69, 9.17) is 19.9 Å². The number of aromatic nitrogens is 1. The zero-order chi connectivity index (χ0) is 27.7. The Balaban J connectivity index is 1.24. The maximum Gasteiger partial charge on any atom is 0.322 e. The van der Waals surface area contributed by atoms with Gasteiger partial charge in [0, 0.05) is 50.7 Å². The third-order valence-corrected chi connectivity index (χ3v) is 6.73. The lowest BCUT2D eigenvalue weighted by Crippen LogP contribution is -2.40. The summed E-state index contributed by atoms with van der Waals surface area (Å²) in [6.07, 6.45) is 2.43. The monoisotopic (exact) mass is 546 g/mol. The molecule has 0 atom stereocenters. The van der Waals surface area contributed by atoms with E-state index in [1.165, 1.54) is 0 Å². The van der Waals surface area contributed by atoms with Gasteiger partial charge in [-0.15, -0.1) is 0 Å². The minimum atomic E-state index is -0.358. The Kier molecular flexibility index (Phi) is 8.94. The lowest BCUT2D eigenvalue weighted by Gasteiger charge is -2.28. The van der Waals surface area contributed by atoms with Gasteiger partial charge in [0.1, 0.15) is 18.9 Å². The standard InChI is InChI=1S/C29H34N6O5/c30-23-4-1-2-5-24(23)33-28(36)25-8-6-21(19-31-25)20-35(11-3-10-34-12-14-38-15-13-34)29(37)32-22-7-9-26-27(18-22)40-17-16-39-26/h1-2,4-9,18-19H,3,10-17,20,30H2,(H,32,37)(H,33,36). The van der Waals surface area contributed by atoms with E-state index in [0.29, 0.717) is 54.9 Å². The van der Waals surface area contributed by atoms with Gasteiger partial charge in [-0.2, -0.15) is 0 Å². The van der Waals surface area contributed by atoms with Crippen LogP contribution in [-0.2, 0) is 11.3 Å². The van der Waals surface area contributed by atoms with Crippen LogP contribution >= 0.6 is 0 Å². The highest BCUT2D eigenvalue weighted by molar-refractivity contribution is 6.04. The van der Waals surface area contributed by atoms with E-state index in [0.717, 1.165) is 44.8 Å². The molecule has 11 heteroatoms. The highest BCUT2D eigenvalue weighted by atomic mass is 16.6. The van der Waals surface area contributed by atoms with Gasteiger partial charge in [-0.3, -0.25) is 14.7 Å². The first-order valence-electron chi connectivity index (χ1n) is 13.4. The summed E-state index contributed by atoms with van der Waals surface area (Å²) in [5.74, 6) is 0.915. The largest absolute Gasteiger partial charge is 0.486 e. The summed E-state index contributed by atoms with van der Waals surface area (Å²) in [4.78, 5) is 34.5. The fourth-order valence-corrected chi connectivity index (χ4v) is 4.56. The van der Waals surface area contributed by atoms with E-state index < -0.39 is 0 Å². The minimum Gasteiger partial charge on any atom is -0.486 e. The van der Waals surface area contributed by atoms with Crippen LogP contribution in [0.15, 0.2) is 60.8 Å². The van der Waals surface area contributed by atoms with Crippen molar-refractivity contribution >= 4 is 29.0 Å². The summed E-state index contributed by atoms with van der Waals surface area (Å²) in [6.45, 7) is 5.98. The molecule has 210 valence electrons. The molecule has 0 saturated carbocycles. The van der Waals surface area contributed by atoms with Gasteiger partial charge < -0.3 is 35.5 Å². The summed E-state index contributed by atoms with van der Waals surface area (Å²) in [5, 5.41) is 5.76. The number of pyridine rings is 1. The van der Waals surface area contributed by atoms with Crippen molar-refractivity contribution < 1.29 is 23.8 Å². The Morgan fingerprint density at radius 3 is 2.52 bits per heavy atom. The summed E-state index contributed by atoms with van der Waals surface area (Å²) in [7, 11) is 0. The SMILES string of the molecule is Nc1ccccc1NC(=O)c1ccc(CN(CCCN2CCOCC2)C(=O)Nc2ccc3c(c2)OCCO3)cn1. The Bertz CT molecular complexity index is 1310. The van der Waals surface area contributed by atoms with Gasteiger partial charge in [0.25, 0.3) is 5.91 Å². The van der Waals surface area contributed by atoms with Crippen LogP contribution in [0, 0.1) is 0 Å². The van der Waals surface area contributed by atoms with Crippen molar-refractivity contribution in [1.82, 2.24) is 14.8 Å². The topological polar surface area (TPSA) is 131 Å². The number of hydrogen-bond acceptors (Lipinski definition) is 8. The zero-order valence-corrected chi connectivity index (χ0v) is 22.3. The van der Waals surface area contributed by atoms with Crippen molar-refractivity contribution in [3.05, 3.63) is 72.1 Å². The van der Waals surface area contributed by atoms with Crippen molar-refractivity contribution in [3.8, 4) is 11.5 Å². The van der Waals surface area contributed by atoms with E-state index in [1.54, 1.807) is 59.6 Å². The summed E-state index contributed by atoms with van der Waals surface area (Å²) < 4.78 is 16.7. The van der Waals surface area contributed by atoms with E-state index in [2.05, 4.69) is 20.5 Å². The third-order valence-electron chi connectivity index (χ3n) is 6.73. The van der Waals surface area contributed by atoms with Gasteiger partial charge in [-0.05, 0) is 42.3 Å². The van der Waals surface area contributed by atoms with E-state index >= 15 is 0 Å². The number of hydrogen-bond donors (Lipinski definition) is 3. The number of ether oxygens (including phenoxy) is 3. The van der Waals surface area contributed by atoms with Gasteiger partial charge in [0.05, 0.1) is 24.6 Å². The normalized spacial score (nSPS) is 14.8. The third kappa shape index (κ3) is 7.19. The van der Waals surface area contributed by atoms with Crippen LogP contribution in [0.3, 0.4) is 0 Å². The quantitative estimate of drug-likeness (QED) is 0.348. The first kappa shape index (κ1) is 27.2. The first-order chi connectivity index (χ1) is 19.5. The molecular weight excluding hydrogens is 512 g/mol. The number of morpholine rings is 1. The number of carbonyl (C=O) groups excluding carboxylic acids is 2. The Morgan fingerprint density at radius 1 is 0.950 bits per heavy atom. The highest BCUT2D eigenvalue weighted by Crippen LogP contribution is 2.32. The molecule has 1 fully saturated rings. The maximum absolute atomic E-state index is 13.4. The summed E-state index contributed by atoms with van der Waals surface area (Å²) in [6, 6.07) is 15.6. The number of fused-ring (bicyclic) bond motifs is 1. The smallest absolute Gasteiger partial charge is 0.322 e. The molecule has 2 aromatic carbocycles. The number of benzene rings is 2. The number of amides is 3. The van der Waals surface area contributed by atoms with E-state index in [1.807, 2.05) is 6.07 Å². The molecule has 3 amide bonds. The molecule has 0 bridgehead atoms. The van der Waals surface area contributed by atoms with Crippen molar-refractivity contribution in [2.24, 2.45) is 0 Å². The molecular formula is C29H34N6O5. The lowest BCUT2D eigenvalue weighted by atomic mass is 10.2. The lowest BCUT2D eigenvalue weighted by molar-refractivity contribution is 0.0365. The van der Waals surface area contributed by atoms with Gasteiger partial charge in [-0.25, -0.2) is 4.79 Å². The number of carbonyl (C=O) groups is 2. The fourth-order valence-electron chi connectivity index (χ4n) is 4.56. The molecule has 3 aromatic rings. The van der Waals surface area contributed by atoms with Crippen LogP contribution in [-0.4, -0.2) is 79.3 Å². The summed E-state index contributed by atoms with van der Waals surface area (Å²) in [5.41, 5.74) is 8.62. The van der Waals surface area contributed by atoms with Crippen molar-refractivity contribution in [3.63, 3.8) is 0 Å². The molecule has 0 radical (unpaired) electrons. The Hall–Kier alpha value is -4.35. The second kappa shape index (κ2) is 13.1. The van der Waals surface area contributed by atoms with Gasteiger partial charge in [0.15, 0.2) is 11.5 Å². The second-order valence-corrected chi connectivity index (χ2v) is 9.61. The maximum atomic E-state index is 13.4. The predicted octanol–water partition coefficient (Wildman–Crippen LogP) is 3.44.